The number of likely N-dealkylation sites (tertiary alicyclic amines) is 1. The minimum absolute atomic E-state index is 0.0965. The lowest BCUT2D eigenvalue weighted by Gasteiger charge is -2.27. The molecular formula is C21H27N3O2. The third-order valence-corrected chi connectivity index (χ3v) is 5.58. The Morgan fingerprint density at radius 1 is 1.15 bits per heavy atom. The van der Waals surface area contributed by atoms with Crippen LogP contribution in [-0.4, -0.2) is 54.7 Å². The van der Waals surface area contributed by atoms with Gasteiger partial charge >= 0.3 is 0 Å². The van der Waals surface area contributed by atoms with Crippen LogP contribution in [-0.2, 0) is 16.0 Å². The molecule has 5 heteroatoms. The molecule has 1 amide bonds. The zero-order chi connectivity index (χ0) is 17.8. The zero-order valence-corrected chi connectivity index (χ0v) is 15.2. The number of nitrogens with zero attached hydrogens (tertiary/aromatic N) is 2. The Hall–Kier alpha value is -1.98. The number of amides is 1. The minimum atomic E-state index is 0.0965. The van der Waals surface area contributed by atoms with E-state index in [4.69, 9.17) is 4.74 Å². The van der Waals surface area contributed by atoms with E-state index < -0.39 is 0 Å². The predicted molar refractivity (Wildman–Crippen MR) is 102 cm³/mol. The Kier molecular flexibility index (Phi) is 5.46. The lowest BCUT2D eigenvalue weighted by atomic mass is 9.93. The number of para-hydroxylation sites is 1. The van der Waals surface area contributed by atoms with Crippen LogP contribution in [0.4, 0.5) is 0 Å². The molecule has 26 heavy (non-hydrogen) atoms. The summed E-state index contributed by atoms with van der Waals surface area (Å²) in [6.45, 7) is 3.91. The number of carbonyl (C=O) groups is 1. The second kappa shape index (κ2) is 8.14. The van der Waals surface area contributed by atoms with Crippen LogP contribution in [0.25, 0.3) is 10.9 Å². The van der Waals surface area contributed by atoms with E-state index in [0.717, 1.165) is 25.0 Å². The molecule has 4 rings (SSSR count). The molecule has 2 aliphatic heterocycles. The van der Waals surface area contributed by atoms with Crippen LogP contribution in [0.1, 0.15) is 24.8 Å². The summed E-state index contributed by atoms with van der Waals surface area (Å²) in [5.41, 5.74) is 2.30. The van der Waals surface area contributed by atoms with Gasteiger partial charge in [-0.05, 0) is 50.0 Å². The van der Waals surface area contributed by atoms with Gasteiger partial charge in [0, 0.05) is 17.5 Å². The number of piperidine rings is 1. The van der Waals surface area contributed by atoms with Crippen LogP contribution in [0.2, 0.25) is 0 Å². The minimum Gasteiger partial charge on any atom is -0.379 e. The molecule has 0 aliphatic carbocycles. The summed E-state index contributed by atoms with van der Waals surface area (Å²) in [6.07, 6.45) is 6.47. The summed E-state index contributed by atoms with van der Waals surface area (Å²) in [4.78, 5) is 19.2. The molecule has 138 valence electrons. The van der Waals surface area contributed by atoms with Gasteiger partial charge in [0.2, 0.25) is 5.91 Å². The van der Waals surface area contributed by atoms with Crippen molar-refractivity contribution in [1.82, 2.24) is 15.2 Å². The van der Waals surface area contributed by atoms with E-state index in [9.17, 15) is 4.79 Å². The number of nitrogens with one attached hydrogen (secondary N) is 1. The second-order valence-corrected chi connectivity index (χ2v) is 7.50. The summed E-state index contributed by atoms with van der Waals surface area (Å²) in [7, 11) is 0. The van der Waals surface area contributed by atoms with Crippen molar-refractivity contribution in [2.24, 2.45) is 5.92 Å². The fourth-order valence-corrected chi connectivity index (χ4v) is 4.15. The Balaban J connectivity index is 1.39. The standard InChI is InChI=1S/C21H27N3O2/c25-21(13-24-10-4-1-5-11-24)23-20-15-26-14-17(20)12-16-8-9-22-19-7-3-2-6-18(16)19/h2-3,6-9,17,20H,1,4-5,10-15H2,(H,23,25)/t17-,20-/m1/s1. The number of hydrogen-bond donors (Lipinski definition) is 1. The monoisotopic (exact) mass is 353 g/mol. The molecule has 5 nitrogen and oxygen atoms in total. The van der Waals surface area contributed by atoms with Crippen LogP contribution < -0.4 is 5.32 Å². The topological polar surface area (TPSA) is 54.5 Å². The first kappa shape index (κ1) is 17.4. The van der Waals surface area contributed by atoms with Gasteiger partial charge in [0.15, 0.2) is 0 Å². The van der Waals surface area contributed by atoms with E-state index in [1.54, 1.807) is 0 Å². The second-order valence-electron chi connectivity index (χ2n) is 7.50. The molecule has 3 heterocycles. The van der Waals surface area contributed by atoms with Crippen molar-refractivity contribution in [2.45, 2.75) is 31.7 Å². The van der Waals surface area contributed by atoms with Gasteiger partial charge in [0.05, 0.1) is 31.3 Å². The Bertz CT molecular complexity index is 753. The maximum atomic E-state index is 12.5. The van der Waals surface area contributed by atoms with E-state index in [-0.39, 0.29) is 11.9 Å². The van der Waals surface area contributed by atoms with Crippen LogP contribution >= 0.6 is 0 Å². The van der Waals surface area contributed by atoms with Crippen molar-refractivity contribution in [3.63, 3.8) is 0 Å². The largest absolute Gasteiger partial charge is 0.379 e. The number of hydrogen-bond acceptors (Lipinski definition) is 4. The number of fused-ring (bicyclic) bond motifs is 1. The van der Waals surface area contributed by atoms with Crippen molar-refractivity contribution in [2.75, 3.05) is 32.8 Å². The van der Waals surface area contributed by atoms with E-state index in [2.05, 4.69) is 33.4 Å². The van der Waals surface area contributed by atoms with E-state index in [1.807, 2.05) is 18.3 Å². The van der Waals surface area contributed by atoms with Gasteiger partial charge in [-0.15, -0.1) is 0 Å². The average Bonchev–Trinajstić information content (AvgIpc) is 3.09. The lowest BCUT2D eigenvalue weighted by Crippen LogP contribution is -2.46. The lowest BCUT2D eigenvalue weighted by molar-refractivity contribution is -0.123. The molecule has 2 saturated heterocycles. The molecule has 0 bridgehead atoms. The number of pyridine rings is 1. The van der Waals surface area contributed by atoms with Gasteiger partial charge in [-0.3, -0.25) is 14.7 Å². The smallest absolute Gasteiger partial charge is 0.234 e. The quantitative estimate of drug-likeness (QED) is 0.897. The molecule has 1 aromatic carbocycles. The maximum Gasteiger partial charge on any atom is 0.234 e. The molecule has 0 spiro atoms. The Morgan fingerprint density at radius 3 is 2.88 bits per heavy atom. The molecule has 2 aliphatic rings. The number of aromatic nitrogens is 1. The highest BCUT2D eigenvalue weighted by atomic mass is 16.5. The van der Waals surface area contributed by atoms with Gasteiger partial charge in [0.25, 0.3) is 0 Å². The number of benzene rings is 1. The van der Waals surface area contributed by atoms with Crippen molar-refractivity contribution >= 4 is 16.8 Å². The summed E-state index contributed by atoms with van der Waals surface area (Å²) in [5, 5.41) is 4.42. The zero-order valence-electron chi connectivity index (χ0n) is 15.2. The number of ether oxygens (including phenoxy) is 1. The van der Waals surface area contributed by atoms with Gasteiger partial charge in [-0.1, -0.05) is 24.6 Å². The fourth-order valence-electron chi connectivity index (χ4n) is 4.15. The number of carbonyl (C=O) groups excluding carboxylic acids is 1. The number of rotatable bonds is 5. The SMILES string of the molecule is O=C(CN1CCCCC1)N[C@@H]1COC[C@H]1Cc1ccnc2ccccc12. The van der Waals surface area contributed by atoms with Crippen molar-refractivity contribution < 1.29 is 9.53 Å². The fraction of sp³-hybridized carbons (Fsp3) is 0.524. The van der Waals surface area contributed by atoms with Gasteiger partial charge in [0.1, 0.15) is 0 Å². The van der Waals surface area contributed by atoms with E-state index >= 15 is 0 Å². The highest BCUT2D eigenvalue weighted by Crippen LogP contribution is 2.24. The molecule has 2 aromatic rings. The van der Waals surface area contributed by atoms with Crippen LogP contribution in [0.5, 0.6) is 0 Å². The van der Waals surface area contributed by atoms with Crippen molar-refractivity contribution in [3.8, 4) is 0 Å². The normalized spacial score (nSPS) is 24.0. The first-order valence-electron chi connectivity index (χ1n) is 9.72. The molecule has 1 N–H and O–H groups in total. The summed E-state index contributed by atoms with van der Waals surface area (Å²) < 4.78 is 5.70. The molecular weight excluding hydrogens is 326 g/mol. The molecule has 2 fully saturated rings. The summed E-state index contributed by atoms with van der Waals surface area (Å²) in [6, 6.07) is 10.4. The Labute approximate surface area is 154 Å². The van der Waals surface area contributed by atoms with Crippen LogP contribution in [0.3, 0.4) is 0 Å². The third kappa shape index (κ3) is 4.05. The van der Waals surface area contributed by atoms with Gasteiger partial charge < -0.3 is 10.1 Å². The Morgan fingerprint density at radius 2 is 2.00 bits per heavy atom. The highest BCUT2D eigenvalue weighted by molar-refractivity contribution is 5.82. The molecule has 1 aromatic heterocycles. The first-order valence-corrected chi connectivity index (χ1v) is 9.72. The molecule has 0 radical (unpaired) electrons. The molecule has 0 saturated carbocycles. The third-order valence-electron chi connectivity index (χ3n) is 5.58. The maximum absolute atomic E-state index is 12.5. The highest BCUT2D eigenvalue weighted by Gasteiger charge is 2.30. The average molecular weight is 353 g/mol. The molecule has 2 atom stereocenters. The molecule has 0 unspecified atom stereocenters. The van der Waals surface area contributed by atoms with Crippen LogP contribution in [0, 0.1) is 5.92 Å². The van der Waals surface area contributed by atoms with Crippen molar-refractivity contribution in [3.05, 3.63) is 42.1 Å². The van der Waals surface area contributed by atoms with Crippen LogP contribution in [0.15, 0.2) is 36.5 Å². The summed E-state index contributed by atoms with van der Waals surface area (Å²) >= 11 is 0. The first-order chi connectivity index (χ1) is 12.8. The van der Waals surface area contributed by atoms with Crippen molar-refractivity contribution in [1.29, 1.82) is 0 Å². The predicted octanol–water partition coefficient (Wildman–Crippen LogP) is 2.39. The van der Waals surface area contributed by atoms with Gasteiger partial charge in [-0.25, -0.2) is 0 Å². The van der Waals surface area contributed by atoms with E-state index in [1.165, 1.54) is 30.2 Å². The van der Waals surface area contributed by atoms with Gasteiger partial charge in [-0.2, -0.15) is 0 Å². The van der Waals surface area contributed by atoms with E-state index in [0.29, 0.717) is 25.7 Å². The summed E-state index contributed by atoms with van der Waals surface area (Å²) in [5.74, 6) is 0.443.